The minimum Gasteiger partial charge on any atom is -0.309 e. The van der Waals surface area contributed by atoms with Gasteiger partial charge in [-0.1, -0.05) is 6.92 Å². The van der Waals surface area contributed by atoms with Crippen molar-refractivity contribution < 1.29 is 4.79 Å². The molecule has 1 N–H and O–H groups in total. The van der Waals surface area contributed by atoms with Crippen LogP contribution in [0, 0.1) is 17.2 Å². The number of hydrogen-bond acceptors (Lipinski definition) is 2. The van der Waals surface area contributed by atoms with Gasteiger partial charge in [0.2, 0.25) is 0 Å². The highest BCUT2D eigenvalue weighted by Crippen LogP contribution is 2.32. The van der Waals surface area contributed by atoms with E-state index in [1.165, 1.54) is 0 Å². The van der Waals surface area contributed by atoms with Crippen molar-refractivity contribution in [3.8, 4) is 0 Å². The zero-order chi connectivity index (χ0) is 7.02. The van der Waals surface area contributed by atoms with Crippen molar-refractivity contribution in [2.24, 2.45) is 11.8 Å². The lowest BCUT2D eigenvalue weighted by Crippen LogP contribution is -2.09. The van der Waals surface area contributed by atoms with E-state index in [0.29, 0.717) is 5.92 Å². The lowest BCUT2D eigenvalue weighted by atomic mass is 10.0. The Labute approximate surface area is 54.8 Å². The van der Waals surface area contributed by atoms with Gasteiger partial charge in [-0.05, 0) is 13.3 Å². The van der Waals surface area contributed by atoms with Gasteiger partial charge in [0, 0.05) is 17.5 Å². The van der Waals surface area contributed by atoms with Crippen LogP contribution >= 0.6 is 0 Å². The van der Waals surface area contributed by atoms with Crippen LogP contribution in [0.3, 0.4) is 0 Å². The Morgan fingerprint density at radius 1 is 1.89 bits per heavy atom. The Kier molecular flexibility index (Phi) is 1.39. The Hall–Kier alpha value is -0.660. The Morgan fingerprint density at radius 3 is 2.44 bits per heavy atom. The smallest absolute Gasteiger partial charge is 0.133 e. The number of rotatable bonds is 2. The first-order chi connectivity index (χ1) is 4.13. The molecule has 2 unspecified atom stereocenters. The fraction of sp³-hybridized carbons (Fsp3) is 0.714. The molecule has 1 rings (SSSR count). The first-order valence-corrected chi connectivity index (χ1v) is 3.20. The third-order valence-electron chi connectivity index (χ3n) is 1.97. The van der Waals surface area contributed by atoms with Gasteiger partial charge in [-0.2, -0.15) is 0 Å². The van der Waals surface area contributed by atoms with Crippen LogP contribution in [0.15, 0.2) is 0 Å². The molecule has 0 heterocycles. The van der Waals surface area contributed by atoms with E-state index in [9.17, 15) is 4.79 Å². The summed E-state index contributed by atoms with van der Waals surface area (Å²) in [5.74, 6) is 0.599. The summed E-state index contributed by atoms with van der Waals surface area (Å²) in [4.78, 5) is 10.7. The summed E-state index contributed by atoms with van der Waals surface area (Å²) in [6.45, 7) is 3.49. The Morgan fingerprint density at radius 2 is 2.33 bits per heavy atom. The van der Waals surface area contributed by atoms with Crippen molar-refractivity contribution in [3.63, 3.8) is 0 Å². The third-order valence-corrected chi connectivity index (χ3v) is 1.97. The second-order valence-corrected chi connectivity index (χ2v) is 2.74. The standard InChI is InChI=1S/C7H11NO/c1-4(5(2)9)6-3-7(6)8/h4,6,8H,3H2,1-2H3. The predicted molar refractivity (Wildman–Crippen MR) is 35.7 cm³/mol. The molecule has 0 spiro atoms. The molecule has 2 atom stereocenters. The van der Waals surface area contributed by atoms with Crippen molar-refractivity contribution in [2.75, 3.05) is 0 Å². The minimum atomic E-state index is 0.0949. The summed E-state index contributed by atoms with van der Waals surface area (Å²) >= 11 is 0. The van der Waals surface area contributed by atoms with E-state index in [1.54, 1.807) is 6.92 Å². The van der Waals surface area contributed by atoms with Gasteiger partial charge >= 0.3 is 0 Å². The average molecular weight is 125 g/mol. The minimum absolute atomic E-state index is 0.0949. The maximum atomic E-state index is 10.7. The lowest BCUT2D eigenvalue weighted by Gasteiger charge is -2.00. The molecule has 1 fully saturated rings. The zero-order valence-electron chi connectivity index (χ0n) is 5.77. The van der Waals surface area contributed by atoms with Crippen LogP contribution < -0.4 is 0 Å². The molecule has 1 aliphatic rings. The van der Waals surface area contributed by atoms with Crippen LogP contribution in [0.25, 0.3) is 0 Å². The molecule has 1 aliphatic carbocycles. The molecule has 0 aliphatic heterocycles. The predicted octanol–water partition coefficient (Wildman–Crippen LogP) is 1.25. The Balaban J connectivity index is 2.45. The van der Waals surface area contributed by atoms with Gasteiger partial charge in [0.1, 0.15) is 5.78 Å². The van der Waals surface area contributed by atoms with Crippen molar-refractivity contribution in [1.29, 1.82) is 5.41 Å². The molecule has 0 aromatic carbocycles. The maximum Gasteiger partial charge on any atom is 0.133 e. The molecule has 50 valence electrons. The monoisotopic (exact) mass is 125 g/mol. The molecule has 0 radical (unpaired) electrons. The maximum absolute atomic E-state index is 10.7. The molecule has 0 saturated heterocycles. The van der Waals surface area contributed by atoms with E-state index >= 15 is 0 Å². The molecule has 9 heavy (non-hydrogen) atoms. The van der Waals surface area contributed by atoms with Crippen LogP contribution in [0.5, 0.6) is 0 Å². The molecule has 2 nitrogen and oxygen atoms in total. The van der Waals surface area contributed by atoms with Crippen LogP contribution in [0.2, 0.25) is 0 Å². The number of carbonyl (C=O) groups is 1. The normalized spacial score (nSPS) is 27.8. The summed E-state index contributed by atoms with van der Waals surface area (Å²) in [6, 6.07) is 0. The Bertz CT molecular complexity index is 162. The van der Waals surface area contributed by atoms with Gasteiger partial charge in [-0.15, -0.1) is 0 Å². The van der Waals surface area contributed by atoms with Crippen LogP contribution in [-0.2, 0) is 4.79 Å². The van der Waals surface area contributed by atoms with E-state index in [-0.39, 0.29) is 11.7 Å². The first-order valence-electron chi connectivity index (χ1n) is 3.20. The molecule has 0 aromatic rings. The second-order valence-electron chi connectivity index (χ2n) is 2.74. The zero-order valence-corrected chi connectivity index (χ0v) is 5.77. The van der Waals surface area contributed by atoms with Gasteiger partial charge in [0.05, 0.1) is 0 Å². The van der Waals surface area contributed by atoms with E-state index in [2.05, 4.69) is 0 Å². The topological polar surface area (TPSA) is 40.9 Å². The van der Waals surface area contributed by atoms with E-state index < -0.39 is 0 Å². The van der Waals surface area contributed by atoms with E-state index in [0.717, 1.165) is 12.1 Å². The van der Waals surface area contributed by atoms with Crippen molar-refractivity contribution >= 4 is 11.5 Å². The largest absolute Gasteiger partial charge is 0.309 e. The van der Waals surface area contributed by atoms with Crippen LogP contribution in [0.1, 0.15) is 20.3 Å². The van der Waals surface area contributed by atoms with Gasteiger partial charge in [-0.3, -0.25) is 4.79 Å². The fourth-order valence-corrected chi connectivity index (χ4v) is 0.940. The SMILES string of the molecule is CC(=O)C(C)C1CC1=N. The van der Waals surface area contributed by atoms with Gasteiger partial charge in [0.15, 0.2) is 0 Å². The average Bonchev–Trinajstić information content (AvgIpc) is 2.44. The molecule has 0 amide bonds. The summed E-state index contributed by atoms with van der Waals surface area (Å²) in [6.07, 6.45) is 0.848. The number of Topliss-reactive ketones (excluding diaryl/α,β-unsaturated/α-hetero) is 1. The number of carbonyl (C=O) groups excluding carboxylic acids is 1. The lowest BCUT2D eigenvalue weighted by molar-refractivity contribution is -0.120. The molecule has 1 saturated carbocycles. The van der Waals surface area contributed by atoms with E-state index in [1.807, 2.05) is 6.92 Å². The second kappa shape index (κ2) is 1.94. The van der Waals surface area contributed by atoms with Gasteiger partial charge in [0.25, 0.3) is 0 Å². The fourth-order valence-electron chi connectivity index (χ4n) is 0.940. The highest BCUT2D eigenvalue weighted by atomic mass is 16.1. The van der Waals surface area contributed by atoms with E-state index in [4.69, 9.17) is 5.41 Å². The number of nitrogens with one attached hydrogen (secondary N) is 1. The quantitative estimate of drug-likeness (QED) is 0.592. The van der Waals surface area contributed by atoms with Crippen LogP contribution in [0.4, 0.5) is 0 Å². The van der Waals surface area contributed by atoms with Crippen molar-refractivity contribution in [1.82, 2.24) is 0 Å². The number of ketones is 1. The molecule has 0 bridgehead atoms. The molecular weight excluding hydrogens is 114 g/mol. The van der Waals surface area contributed by atoms with Crippen molar-refractivity contribution in [3.05, 3.63) is 0 Å². The molecular formula is C7H11NO. The highest BCUT2D eigenvalue weighted by molar-refractivity contribution is 6.02. The summed E-state index contributed by atoms with van der Waals surface area (Å²) < 4.78 is 0. The number of hydrogen-bond donors (Lipinski definition) is 1. The van der Waals surface area contributed by atoms with Crippen molar-refractivity contribution in [2.45, 2.75) is 20.3 Å². The van der Waals surface area contributed by atoms with Crippen LogP contribution in [-0.4, -0.2) is 11.5 Å². The first kappa shape index (κ1) is 6.46. The highest BCUT2D eigenvalue weighted by Gasteiger charge is 2.37. The third kappa shape index (κ3) is 1.18. The van der Waals surface area contributed by atoms with Gasteiger partial charge < -0.3 is 5.41 Å². The molecule has 0 aromatic heterocycles. The summed E-state index contributed by atoms with van der Waals surface area (Å²) in [5, 5.41) is 7.14. The summed E-state index contributed by atoms with van der Waals surface area (Å²) in [7, 11) is 0. The molecule has 2 heteroatoms. The van der Waals surface area contributed by atoms with Gasteiger partial charge in [-0.25, -0.2) is 0 Å². The summed E-state index contributed by atoms with van der Waals surface area (Å²) in [5.41, 5.74) is 0.748.